The molecule has 2 saturated carbocycles. The number of aliphatic hydroxyl groups is 2. The van der Waals surface area contributed by atoms with E-state index in [2.05, 4.69) is 10.6 Å². The van der Waals surface area contributed by atoms with Crippen molar-refractivity contribution in [2.75, 3.05) is 19.0 Å². The summed E-state index contributed by atoms with van der Waals surface area (Å²) in [4.78, 5) is 25.8. The Labute approximate surface area is 243 Å². The number of carbonyl (C=O) groups is 2. The van der Waals surface area contributed by atoms with Crippen LogP contribution in [0.25, 0.3) is 0 Å². The van der Waals surface area contributed by atoms with Crippen LogP contribution in [0.1, 0.15) is 57.1 Å². The molecular weight excluding hydrogens is 553 g/mol. The Kier molecular flexibility index (Phi) is 9.42. The summed E-state index contributed by atoms with van der Waals surface area (Å²) >= 11 is 0. The minimum atomic E-state index is -4.56. The van der Waals surface area contributed by atoms with E-state index in [1.165, 1.54) is 12.1 Å². The molecule has 2 aliphatic carbocycles. The van der Waals surface area contributed by atoms with Crippen LogP contribution in [-0.2, 0) is 22.3 Å². The number of benzene rings is 2. The van der Waals surface area contributed by atoms with Crippen LogP contribution in [0, 0.1) is 22.7 Å². The van der Waals surface area contributed by atoms with Gasteiger partial charge in [-0.15, -0.1) is 0 Å². The van der Waals surface area contributed by atoms with Crippen molar-refractivity contribution in [2.45, 2.75) is 70.9 Å². The van der Waals surface area contributed by atoms with E-state index >= 15 is 0 Å². The molecular formula is C31H39F3N2O6. The number of amides is 2. The van der Waals surface area contributed by atoms with Crippen LogP contribution < -0.4 is 15.4 Å². The second kappa shape index (κ2) is 12.5. The van der Waals surface area contributed by atoms with E-state index in [0.29, 0.717) is 38.0 Å². The molecule has 2 fully saturated rings. The standard InChI is InChI=1S/C31H39F3N2O6/c1-29-14-13-26(42-28(40)36-21-6-4-5-20(15-21)31(32,33)34)30(2,18-37)25(29)12-11-24(38)23(29)16-27(39)35-17-19-7-9-22(41-3)10-8-19/h4-10,15,23-26,37-38H,11-14,16-18H2,1-3H3,(H,35,39)(H,36,40). The van der Waals surface area contributed by atoms with E-state index in [9.17, 15) is 33.0 Å². The molecule has 2 aromatic carbocycles. The maximum atomic E-state index is 13.1. The Hall–Kier alpha value is -3.31. The van der Waals surface area contributed by atoms with Crippen LogP contribution in [0.2, 0.25) is 0 Å². The largest absolute Gasteiger partial charge is 0.497 e. The van der Waals surface area contributed by atoms with Gasteiger partial charge in [0.2, 0.25) is 5.91 Å². The van der Waals surface area contributed by atoms with Crippen LogP contribution in [0.15, 0.2) is 48.5 Å². The number of ether oxygens (including phenoxy) is 2. The van der Waals surface area contributed by atoms with Gasteiger partial charge in [0.15, 0.2) is 0 Å². The zero-order chi connectivity index (χ0) is 30.7. The van der Waals surface area contributed by atoms with Crippen LogP contribution in [-0.4, -0.2) is 48.1 Å². The lowest BCUT2D eigenvalue weighted by Crippen LogP contribution is -2.61. The van der Waals surface area contributed by atoms with Gasteiger partial charge in [-0.05, 0) is 78.8 Å². The predicted octanol–water partition coefficient (Wildman–Crippen LogP) is 5.52. The molecule has 0 aromatic heterocycles. The maximum absolute atomic E-state index is 13.1. The topological polar surface area (TPSA) is 117 Å². The summed E-state index contributed by atoms with van der Waals surface area (Å²) in [5.41, 5.74) is -1.46. The first-order valence-corrected chi connectivity index (χ1v) is 14.1. The number of methoxy groups -OCH3 is 1. The van der Waals surface area contributed by atoms with Crippen LogP contribution >= 0.6 is 0 Å². The van der Waals surface area contributed by atoms with Crippen LogP contribution in [0.5, 0.6) is 5.75 Å². The first-order chi connectivity index (χ1) is 19.8. The van der Waals surface area contributed by atoms with Crippen molar-refractivity contribution < 1.29 is 42.4 Å². The fourth-order valence-corrected chi connectivity index (χ4v) is 7.05. The lowest BCUT2D eigenvalue weighted by molar-refractivity contribution is -0.185. The Balaban J connectivity index is 1.43. The van der Waals surface area contributed by atoms with Crippen molar-refractivity contribution in [3.8, 4) is 5.75 Å². The number of hydrogen-bond donors (Lipinski definition) is 4. The molecule has 0 spiro atoms. The van der Waals surface area contributed by atoms with Crippen molar-refractivity contribution in [2.24, 2.45) is 22.7 Å². The number of hydrogen-bond acceptors (Lipinski definition) is 6. The first-order valence-electron chi connectivity index (χ1n) is 14.1. The van der Waals surface area contributed by atoms with Gasteiger partial charge in [-0.1, -0.05) is 32.0 Å². The third kappa shape index (κ3) is 6.67. The molecule has 2 aliphatic rings. The molecule has 0 radical (unpaired) electrons. The number of aliphatic hydroxyl groups excluding tert-OH is 2. The summed E-state index contributed by atoms with van der Waals surface area (Å²) in [7, 11) is 1.58. The van der Waals surface area contributed by atoms with E-state index < -0.39 is 40.9 Å². The Morgan fingerprint density at radius 2 is 1.79 bits per heavy atom. The van der Waals surface area contributed by atoms with Gasteiger partial charge in [0.25, 0.3) is 0 Å². The third-order valence-corrected chi connectivity index (χ3v) is 9.42. The molecule has 42 heavy (non-hydrogen) atoms. The Bertz CT molecular complexity index is 1260. The van der Waals surface area contributed by atoms with E-state index in [-0.39, 0.29) is 36.5 Å². The molecule has 0 heterocycles. The minimum absolute atomic E-state index is 0.0531. The Morgan fingerprint density at radius 1 is 1.07 bits per heavy atom. The summed E-state index contributed by atoms with van der Waals surface area (Å²) in [6.07, 6.45) is -4.91. The van der Waals surface area contributed by atoms with Gasteiger partial charge in [-0.25, -0.2) is 4.79 Å². The van der Waals surface area contributed by atoms with Crippen molar-refractivity contribution >= 4 is 17.7 Å². The zero-order valence-electron chi connectivity index (χ0n) is 24.0. The minimum Gasteiger partial charge on any atom is -0.497 e. The number of anilines is 1. The lowest BCUT2D eigenvalue weighted by atomic mass is 9.46. The molecule has 0 saturated heterocycles. The molecule has 6 atom stereocenters. The van der Waals surface area contributed by atoms with Gasteiger partial charge in [-0.2, -0.15) is 13.2 Å². The highest BCUT2D eigenvalue weighted by Gasteiger charge is 2.60. The molecule has 11 heteroatoms. The smallest absolute Gasteiger partial charge is 0.416 e. The second-order valence-electron chi connectivity index (χ2n) is 11.9. The van der Waals surface area contributed by atoms with Gasteiger partial charge < -0.3 is 25.0 Å². The Morgan fingerprint density at radius 3 is 2.43 bits per heavy atom. The molecule has 8 nitrogen and oxygen atoms in total. The molecule has 0 bridgehead atoms. The molecule has 4 N–H and O–H groups in total. The molecule has 230 valence electrons. The van der Waals surface area contributed by atoms with E-state index in [1.807, 2.05) is 38.1 Å². The first kappa shape index (κ1) is 31.6. The lowest BCUT2D eigenvalue weighted by Gasteiger charge is -2.60. The van der Waals surface area contributed by atoms with Gasteiger partial charge in [0, 0.05) is 24.1 Å². The zero-order valence-corrected chi connectivity index (χ0v) is 24.0. The number of rotatable bonds is 8. The molecule has 2 amide bonds. The quantitative estimate of drug-likeness (QED) is 0.321. The SMILES string of the molecule is COc1ccc(CNC(=O)CC2C(O)CCC3C(C)(CO)C(OC(=O)Nc4cccc(C(F)(F)F)c4)CCC23C)cc1. The fraction of sp³-hybridized carbons (Fsp3) is 0.548. The number of alkyl halides is 3. The fourth-order valence-electron chi connectivity index (χ4n) is 7.05. The predicted molar refractivity (Wildman–Crippen MR) is 150 cm³/mol. The summed E-state index contributed by atoms with van der Waals surface area (Å²) in [6.45, 7) is 3.88. The van der Waals surface area contributed by atoms with Gasteiger partial charge in [0.1, 0.15) is 11.9 Å². The number of halogens is 3. The summed E-state index contributed by atoms with van der Waals surface area (Å²) in [6, 6.07) is 11.6. The van der Waals surface area contributed by atoms with Crippen LogP contribution in [0.4, 0.5) is 23.7 Å². The van der Waals surface area contributed by atoms with Crippen LogP contribution in [0.3, 0.4) is 0 Å². The molecule has 0 aliphatic heterocycles. The summed E-state index contributed by atoms with van der Waals surface area (Å²) in [5.74, 6) is -0.0360. The molecule has 4 rings (SSSR count). The number of nitrogens with one attached hydrogen (secondary N) is 2. The highest BCUT2D eigenvalue weighted by atomic mass is 19.4. The van der Waals surface area contributed by atoms with Gasteiger partial charge in [0.05, 0.1) is 25.4 Å². The second-order valence-corrected chi connectivity index (χ2v) is 11.9. The summed E-state index contributed by atoms with van der Waals surface area (Å²) < 4.78 is 50.1. The maximum Gasteiger partial charge on any atom is 0.416 e. The molecule has 2 aromatic rings. The van der Waals surface area contributed by atoms with Gasteiger partial charge in [-0.3, -0.25) is 10.1 Å². The van der Waals surface area contributed by atoms with Crippen molar-refractivity contribution in [1.82, 2.24) is 5.32 Å². The average molecular weight is 593 g/mol. The third-order valence-electron chi connectivity index (χ3n) is 9.42. The monoisotopic (exact) mass is 592 g/mol. The summed E-state index contributed by atoms with van der Waals surface area (Å²) in [5, 5.41) is 26.9. The van der Waals surface area contributed by atoms with E-state index in [0.717, 1.165) is 17.7 Å². The number of fused-ring (bicyclic) bond motifs is 1. The van der Waals surface area contributed by atoms with Crippen molar-refractivity contribution in [1.29, 1.82) is 0 Å². The van der Waals surface area contributed by atoms with E-state index in [4.69, 9.17) is 9.47 Å². The average Bonchev–Trinajstić information content (AvgIpc) is 2.95. The van der Waals surface area contributed by atoms with Crippen molar-refractivity contribution in [3.05, 3.63) is 59.7 Å². The highest BCUT2D eigenvalue weighted by molar-refractivity contribution is 5.84. The van der Waals surface area contributed by atoms with Gasteiger partial charge >= 0.3 is 12.3 Å². The van der Waals surface area contributed by atoms with E-state index in [1.54, 1.807) is 7.11 Å². The number of carbonyl (C=O) groups excluding carboxylic acids is 2. The molecule has 6 unspecified atom stereocenters. The highest BCUT2D eigenvalue weighted by Crippen LogP contribution is 2.61. The van der Waals surface area contributed by atoms with Crippen molar-refractivity contribution in [3.63, 3.8) is 0 Å². The normalized spacial score (nSPS) is 29.2.